The molecule has 0 aliphatic carbocycles. The highest BCUT2D eigenvalue weighted by atomic mass is 35.5. The number of anilines is 2. The number of aryl methyl sites for hydroxylation is 1. The molecule has 0 saturated carbocycles. The number of hydrogen-bond donors (Lipinski definition) is 2. The molecule has 1 aromatic heterocycles. The zero-order valence-electron chi connectivity index (χ0n) is 13.8. The zero-order chi connectivity index (χ0) is 18.6. The maximum Gasteiger partial charge on any atom is 0.234 e. The van der Waals surface area contributed by atoms with Crippen LogP contribution in [0.4, 0.5) is 16.3 Å². The lowest BCUT2D eigenvalue weighted by atomic mass is 10.0. The van der Waals surface area contributed by atoms with Crippen molar-refractivity contribution in [3.8, 4) is 0 Å². The molecule has 0 fully saturated rings. The Morgan fingerprint density at radius 2 is 1.80 bits per heavy atom. The predicted octanol–water partition coefficient (Wildman–Crippen LogP) is 4.38. The van der Waals surface area contributed by atoms with Gasteiger partial charge < -0.3 is 5.32 Å². The van der Waals surface area contributed by atoms with Crippen molar-refractivity contribution in [1.29, 1.82) is 0 Å². The molecule has 1 heterocycles. The van der Waals surface area contributed by atoms with Gasteiger partial charge in [0, 0.05) is 6.92 Å². The Labute approximate surface area is 154 Å². The van der Waals surface area contributed by atoms with Gasteiger partial charge in [0.1, 0.15) is 4.49 Å². The topological polar surface area (TPSA) is 79.8 Å². The maximum absolute atomic E-state index is 14.0. The summed E-state index contributed by atoms with van der Waals surface area (Å²) in [7, 11) is 0. The summed E-state index contributed by atoms with van der Waals surface area (Å²) in [5, 5.41) is 5.45. The summed E-state index contributed by atoms with van der Waals surface area (Å²) in [6, 6.07) is 7.62. The number of amides is 1. The zero-order valence-corrected chi connectivity index (χ0v) is 15.3. The van der Waals surface area contributed by atoms with Crippen LogP contribution in [0.2, 0.25) is 0 Å². The molecule has 1 unspecified atom stereocenters. The van der Waals surface area contributed by atoms with Crippen LogP contribution in [-0.2, 0) is 4.79 Å². The smallest absolute Gasteiger partial charge is 0.234 e. The average molecular weight is 384 g/mol. The van der Waals surface area contributed by atoms with E-state index in [0.717, 1.165) is 11.1 Å². The van der Waals surface area contributed by atoms with Crippen molar-refractivity contribution < 1.29 is 9.18 Å². The highest BCUT2D eigenvalue weighted by Crippen LogP contribution is 2.25. The second-order valence-electron chi connectivity index (χ2n) is 5.28. The Balaban J connectivity index is 2.39. The molecule has 6 nitrogen and oxygen atoms in total. The van der Waals surface area contributed by atoms with Crippen LogP contribution in [0.15, 0.2) is 28.8 Å². The van der Waals surface area contributed by atoms with E-state index in [2.05, 4.69) is 25.6 Å². The second kappa shape index (κ2) is 8.22. The normalized spacial score (nSPS) is 11.6. The first-order chi connectivity index (χ1) is 11.8. The van der Waals surface area contributed by atoms with Crippen molar-refractivity contribution in [2.45, 2.75) is 26.8 Å². The summed E-state index contributed by atoms with van der Waals surface area (Å²) in [5.41, 5.74) is 2.10. The first-order valence-corrected chi connectivity index (χ1v) is 8.10. The largest absolute Gasteiger partial charge is 0.348 e. The van der Waals surface area contributed by atoms with E-state index in [-0.39, 0.29) is 23.8 Å². The summed E-state index contributed by atoms with van der Waals surface area (Å²) >= 11 is 10.9. The van der Waals surface area contributed by atoms with E-state index in [1.165, 1.54) is 6.92 Å². The van der Waals surface area contributed by atoms with Crippen LogP contribution in [-0.4, -0.2) is 20.9 Å². The van der Waals surface area contributed by atoms with Gasteiger partial charge in [0.15, 0.2) is 11.7 Å². The molecule has 2 N–H and O–H groups in total. The molecule has 0 saturated heterocycles. The third-order valence-corrected chi connectivity index (χ3v) is 3.62. The van der Waals surface area contributed by atoms with E-state index in [9.17, 15) is 9.18 Å². The molecule has 1 aromatic carbocycles. The molecule has 0 aliphatic rings. The van der Waals surface area contributed by atoms with Gasteiger partial charge in [-0.2, -0.15) is 15.0 Å². The van der Waals surface area contributed by atoms with E-state index in [0.29, 0.717) is 0 Å². The minimum absolute atomic E-state index is 0.0780. The van der Waals surface area contributed by atoms with Crippen LogP contribution in [0.5, 0.6) is 0 Å². The standard InChI is InChI=1S/C16H16Cl2FN5O/c1-8-6-4-5-7-11(8)9(2)20-15-22-14(12(19)13(17)18)23-16(24-15)21-10(3)25/h4-7,9H,1-3H3,(H2,20,21,22,23,24,25). The molecule has 1 atom stereocenters. The lowest BCUT2D eigenvalue weighted by Gasteiger charge is -2.17. The SMILES string of the molecule is CC(=O)Nc1nc(NC(C)c2ccccc2C)nc(C(F)=C(Cl)Cl)n1. The molecule has 2 aromatic rings. The van der Waals surface area contributed by atoms with Crippen molar-refractivity contribution >= 4 is 46.8 Å². The fraction of sp³-hybridized carbons (Fsp3) is 0.250. The van der Waals surface area contributed by atoms with Gasteiger partial charge in [0.05, 0.1) is 6.04 Å². The highest BCUT2D eigenvalue weighted by Gasteiger charge is 2.16. The van der Waals surface area contributed by atoms with Gasteiger partial charge in [-0.3, -0.25) is 10.1 Å². The lowest BCUT2D eigenvalue weighted by molar-refractivity contribution is -0.114. The number of aromatic nitrogens is 3. The second-order valence-corrected chi connectivity index (χ2v) is 6.23. The molecule has 9 heteroatoms. The molecular weight excluding hydrogens is 368 g/mol. The van der Waals surface area contributed by atoms with Crippen molar-refractivity contribution in [2.75, 3.05) is 10.6 Å². The average Bonchev–Trinajstić information content (AvgIpc) is 2.53. The predicted molar refractivity (Wildman–Crippen MR) is 97.1 cm³/mol. The third-order valence-electron chi connectivity index (χ3n) is 3.29. The minimum atomic E-state index is -1.01. The number of nitrogens with zero attached hydrogens (tertiary/aromatic N) is 3. The molecule has 0 bridgehead atoms. The molecule has 132 valence electrons. The van der Waals surface area contributed by atoms with Crippen LogP contribution in [0.1, 0.15) is 36.8 Å². The monoisotopic (exact) mass is 383 g/mol. The summed E-state index contributed by atoms with van der Waals surface area (Å²) in [6.45, 7) is 5.17. The van der Waals surface area contributed by atoms with Gasteiger partial charge in [-0.15, -0.1) is 0 Å². The van der Waals surface area contributed by atoms with E-state index in [1.807, 2.05) is 38.1 Å². The first-order valence-electron chi connectivity index (χ1n) is 7.34. The molecule has 0 aliphatic heterocycles. The van der Waals surface area contributed by atoms with Crippen LogP contribution < -0.4 is 10.6 Å². The minimum Gasteiger partial charge on any atom is -0.348 e. The van der Waals surface area contributed by atoms with Crippen molar-refractivity contribution in [3.05, 3.63) is 45.7 Å². The van der Waals surface area contributed by atoms with E-state index < -0.39 is 16.2 Å². The Morgan fingerprint density at radius 3 is 2.40 bits per heavy atom. The quantitative estimate of drug-likeness (QED) is 0.800. The van der Waals surface area contributed by atoms with Crippen LogP contribution in [0.3, 0.4) is 0 Å². The summed E-state index contributed by atoms with van der Waals surface area (Å²) < 4.78 is 13.4. The summed E-state index contributed by atoms with van der Waals surface area (Å²) in [4.78, 5) is 23.1. The molecule has 1 amide bonds. The van der Waals surface area contributed by atoms with Gasteiger partial charge in [-0.05, 0) is 25.0 Å². The first kappa shape index (κ1) is 19.1. The number of nitrogens with one attached hydrogen (secondary N) is 2. The summed E-state index contributed by atoms with van der Waals surface area (Å²) in [5.74, 6) is -1.82. The van der Waals surface area contributed by atoms with E-state index in [1.54, 1.807) is 0 Å². The number of hydrogen-bond acceptors (Lipinski definition) is 5. The van der Waals surface area contributed by atoms with Crippen LogP contribution >= 0.6 is 23.2 Å². The Morgan fingerprint density at radius 1 is 1.16 bits per heavy atom. The fourth-order valence-electron chi connectivity index (χ4n) is 2.18. The van der Waals surface area contributed by atoms with Crippen LogP contribution in [0.25, 0.3) is 5.83 Å². The molecule has 0 spiro atoms. The van der Waals surface area contributed by atoms with Crippen molar-refractivity contribution in [1.82, 2.24) is 15.0 Å². The molecule has 2 rings (SSSR count). The third kappa shape index (κ3) is 5.11. The number of benzene rings is 1. The number of carbonyl (C=O) groups is 1. The van der Waals surface area contributed by atoms with Crippen molar-refractivity contribution in [2.24, 2.45) is 0 Å². The Kier molecular flexibility index (Phi) is 6.27. The lowest BCUT2D eigenvalue weighted by Crippen LogP contribution is -2.16. The number of halogens is 3. The van der Waals surface area contributed by atoms with Crippen molar-refractivity contribution in [3.63, 3.8) is 0 Å². The highest BCUT2D eigenvalue weighted by molar-refractivity contribution is 6.58. The molecule has 25 heavy (non-hydrogen) atoms. The Hall–Kier alpha value is -2.25. The fourth-order valence-corrected chi connectivity index (χ4v) is 2.35. The van der Waals surface area contributed by atoms with Gasteiger partial charge in [0.2, 0.25) is 17.8 Å². The molecular formula is C16H16Cl2FN5O. The number of rotatable bonds is 5. The molecule has 0 radical (unpaired) electrons. The van der Waals surface area contributed by atoms with Crippen LogP contribution in [0, 0.1) is 6.92 Å². The van der Waals surface area contributed by atoms with E-state index in [4.69, 9.17) is 23.2 Å². The van der Waals surface area contributed by atoms with Gasteiger partial charge in [-0.1, -0.05) is 47.5 Å². The van der Waals surface area contributed by atoms with Gasteiger partial charge in [0.25, 0.3) is 0 Å². The summed E-state index contributed by atoms with van der Waals surface area (Å²) in [6.07, 6.45) is 0. The van der Waals surface area contributed by atoms with E-state index >= 15 is 0 Å². The maximum atomic E-state index is 14.0. The van der Waals surface area contributed by atoms with Gasteiger partial charge in [-0.25, -0.2) is 4.39 Å². The number of carbonyl (C=O) groups excluding carboxylic acids is 1. The van der Waals surface area contributed by atoms with Gasteiger partial charge >= 0.3 is 0 Å². The Bertz CT molecular complexity index is 824.